The standard InChI is InChI=1S/C19H19N3O8S2/c1-9(21-16-10-6-4-5-7-12(10)32(26,27)22-16)17(23)30-8-11-13(18(24)28-2)15(20)31-14(11)19(25)29-3/h4-7,9H,8,20H2,1-3H3,(H,21,22). The van der Waals surface area contributed by atoms with Gasteiger partial charge in [0.25, 0.3) is 10.0 Å². The van der Waals surface area contributed by atoms with E-state index in [0.29, 0.717) is 5.56 Å². The third-order valence-electron chi connectivity index (χ3n) is 4.48. The van der Waals surface area contributed by atoms with Crippen LogP contribution in [0, 0.1) is 0 Å². The van der Waals surface area contributed by atoms with Crippen LogP contribution in [0.4, 0.5) is 5.00 Å². The number of sulfonamides is 1. The number of nitrogens with two attached hydrogens (primary N) is 1. The third-order valence-corrected chi connectivity index (χ3v) is 6.92. The van der Waals surface area contributed by atoms with E-state index < -0.39 is 40.6 Å². The zero-order valence-electron chi connectivity index (χ0n) is 17.2. The van der Waals surface area contributed by atoms with Gasteiger partial charge >= 0.3 is 17.9 Å². The summed E-state index contributed by atoms with van der Waals surface area (Å²) in [5.41, 5.74) is 6.12. The average Bonchev–Trinajstić information content (AvgIpc) is 3.24. The maximum Gasteiger partial charge on any atom is 0.348 e. The maximum atomic E-state index is 12.5. The molecule has 0 aliphatic carbocycles. The highest BCUT2D eigenvalue weighted by molar-refractivity contribution is 7.90. The van der Waals surface area contributed by atoms with Gasteiger partial charge in [-0.1, -0.05) is 12.1 Å². The second kappa shape index (κ2) is 8.96. The van der Waals surface area contributed by atoms with Crippen molar-refractivity contribution in [2.45, 2.75) is 24.5 Å². The number of fused-ring (bicyclic) bond motifs is 1. The van der Waals surface area contributed by atoms with E-state index in [1.54, 1.807) is 18.2 Å². The Hall–Kier alpha value is -3.45. The number of hydrogen-bond donors (Lipinski definition) is 2. The number of benzene rings is 1. The molecule has 0 radical (unpaired) electrons. The quantitative estimate of drug-likeness (QED) is 0.454. The average molecular weight is 482 g/mol. The van der Waals surface area contributed by atoms with E-state index in [4.69, 9.17) is 15.2 Å². The number of aliphatic imine (C=N–C) groups is 1. The smallest absolute Gasteiger partial charge is 0.348 e. The lowest BCUT2D eigenvalue weighted by molar-refractivity contribution is -0.146. The van der Waals surface area contributed by atoms with Crippen molar-refractivity contribution in [3.8, 4) is 0 Å². The Morgan fingerprint density at radius 1 is 1.16 bits per heavy atom. The van der Waals surface area contributed by atoms with E-state index in [1.165, 1.54) is 13.0 Å². The Kier molecular flexibility index (Phi) is 6.50. The molecule has 1 unspecified atom stereocenters. The van der Waals surface area contributed by atoms with Gasteiger partial charge < -0.3 is 19.9 Å². The summed E-state index contributed by atoms with van der Waals surface area (Å²) >= 11 is 0.802. The Morgan fingerprint density at radius 3 is 2.47 bits per heavy atom. The van der Waals surface area contributed by atoms with Crippen LogP contribution >= 0.6 is 11.3 Å². The van der Waals surface area contributed by atoms with Gasteiger partial charge in [0.1, 0.15) is 33.9 Å². The normalized spacial score (nSPS) is 16.0. The maximum absolute atomic E-state index is 12.5. The first kappa shape index (κ1) is 23.2. The molecular weight excluding hydrogens is 462 g/mol. The monoisotopic (exact) mass is 481 g/mol. The molecule has 1 aromatic carbocycles. The van der Waals surface area contributed by atoms with Crippen molar-refractivity contribution in [1.29, 1.82) is 0 Å². The molecule has 0 saturated carbocycles. The number of amidine groups is 1. The number of methoxy groups -OCH3 is 2. The molecule has 2 aromatic rings. The molecule has 0 amide bonds. The van der Waals surface area contributed by atoms with Crippen LogP contribution in [0.5, 0.6) is 0 Å². The molecule has 3 rings (SSSR count). The molecule has 0 fully saturated rings. The third kappa shape index (κ3) is 4.29. The fraction of sp³-hybridized carbons (Fsp3) is 0.263. The number of hydrogen-bond acceptors (Lipinski definition) is 11. The number of anilines is 1. The number of nitrogens with one attached hydrogen (secondary N) is 1. The number of rotatable bonds is 6. The van der Waals surface area contributed by atoms with Gasteiger partial charge in [0.05, 0.1) is 19.1 Å². The number of thiophene rings is 1. The number of nitrogen functional groups attached to an aromatic ring is 1. The summed E-state index contributed by atoms with van der Waals surface area (Å²) in [5, 5.41) is 0.00793. The van der Waals surface area contributed by atoms with E-state index >= 15 is 0 Å². The lowest BCUT2D eigenvalue weighted by Crippen LogP contribution is -2.27. The predicted octanol–water partition coefficient (Wildman–Crippen LogP) is 1.07. The number of esters is 3. The van der Waals surface area contributed by atoms with Gasteiger partial charge in [-0.05, 0) is 19.1 Å². The molecule has 170 valence electrons. The van der Waals surface area contributed by atoms with Gasteiger partial charge in [0.2, 0.25) is 0 Å². The van der Waals surface area contributed by atoms with Crippen LogP contribution in [0.3, 0.4) is 0 Å². The molecule has 1 aromatic heterocycles. The molecule has 11 nitrogen and oxygen atoms in total. The van der Waals surface area contributed by atoms with Gasteiger partial charge in [0.15, 0.2) is 0 Å². The largest absolute Gasteiger partial charge is 0.465 e. The van der Waals surface area contributed by atoms with Crippen LogP contribution in [0.15, 0.2) is 34.2 Å². The fourth-order valence-electron chi connectivity index (χ4n) is 2.95. The van der Waals surface area contributed by atoms with Crippen LogP contribution in [0.1, 0.15) is 38.1 Å². The van der Waals surface area contributed by atoms with Gasteiger partial charge in [-0.3, -0.25) is 9.71 Å². The molecule has 13 heteroatoms. The Bertz CT molecular complexity index is 1230. The van der Waals surface area contributed by atoms with Crippen molar-refractivity contribution >= 4 is 50.1 Å². The van der Waals surface area contributed by atoms with Gasteiger partial charge in [-0.25, -0.2) is 22.8 Å². The summed E-state index contributed by atoms with van der Waals surface area (Å²) in [6.07, 6.45) is 0. The highest BCUT2D eigenvalue weighted by atomic mass is 32.2. The van der Waals surface area contributed by atoms with Crippen LogP contribution < -0.4 is 10.5 Å². The SMILES string of the molecule is COC(=O)c1sc(N)c(C(=O)OC)c1COC(=O)C(C)N=C1NS(=O)(=O)c2ccccc21. The summed E-state index contributed by atoms with van der Waals surface area (Å²) < 4.78 is 41.3. The fourth-order valence-corrected chi connectivity index (χ4v) is 5.16. The van der Waals surface area contributed by atoms with Crippen LogP contribution in [-0.2, 0) is 35.6 Å². The van der Waals surface area contributed by atoms with E-state index in [2.05, 4.69) is 14.5 Å². The summed E-state index contributed by atoms with van der Waals surface area (Å²) in [6, 6.07) is 5.10. The second-order valence-corrected chi connectivity index (χ2v) is 9.20. The van der Waals surface area contributed by atoms with Crippen molar-refractivity contribution in [1.82, 2.24) is 4.72 Å². The zero-order valence-corrected chi connectivity index (χ0v) is 18.8. The zero-order chi connectivity index (χ0) is 23.6. The molecule has 1 atom stereocenters. The molecule has 0 saturated heterocycles. The second-order valence-electron chi connectivity index (χ2n) is 6.50. The minimum Gasteiger partial charge on any atom is -0.465 e. The molecule has 0 bridgehead atoms. The summed E-state index contributed by atoms with van der Waals surface area (Å²) in [7, 11) is -1.46. The first-order chi connectivity index (χ1) is 15.1. The first-order valence-electron chi connectivity index (χ1n) is 9.05. The van der Waals surface area contributed by atoms with Crippen molar-refractivity contribution in [2.75, 3.05) is 20.0 Å². The minimum atomic E-state index is -3.76. The van der Waals surface area contributed by atoms with E-state index in [0.717, 1.165) is 25.6 Å². The number of carbonyl (C=O) groups excluding carboxylic acids is 3. The number of carbonyl (C=O) groups is 3. The molecule has 1 aliphatic rings. The molecule has 3 N–H and O–H groups in total. The van der Waals surface area contributed by atoms with E-state index in [1.807, 2.05) is 0 Å². The van der Waals surface area contributed by atoms with Crippen LogP contribution in [0.25, 0.3) is 0 Å². The molecule has 2 heterocycles. The van der Waals surface area contributed by atoms with Gasteiger partial charge in [0, 0.05) is 11.1 Å². The Labute approximate surface area is 187 Å². The number of nitrogens with zero attached hydrogens (tertiary/aromatic N) is 1. The Morgan fingerprint density at radius 2 is 1.81 bits per heavy atom. The molecule has 32 heavy (non-hydrogen) atoms. The molecule has 0 spiro atoms. The molecular formula is C19H19N3O8S2. The van der Waals surface area contributed by atoms with Crippen molar-refractivity contribution in [2.24, 2.45) is 4.99 Å². The first-order valence-corrected chi connectivity index (χ1v) is 11.3. The highest BCUT2D eigenvalue weighted by Gasteiger charge is 2.32. The highest BCUT2D eigenvalue weighted by Crippen LogP contribution is 2.33. The summed E-state index contributed by atoms with van der Waals surface area (Å²) in [5.74, 6) is -2.37. The van der Waals surface area contributed by atoms with Crippen LogP contribution in [-0.4, -0.2) is 52.4 Å². The Balaban J connectivity index is 1.83. The van der Waals surface area contributed by atoms with Gasteiger partial charge in [-0.2, -0.15) is 0 Å². The van der Waals surface area contributed by atoms with Crippen LogP contribution in [0.2, 0.25) is 0 Å². The summed E-state index contributed by atoms with van der Waals surface area (Å²) in [4.78, 5) is 40.8. The minimum absolute atomic E-state index is 0.00496. The van der Waals surface area contributed by atoms with Crippen molar-refractivity contribution < 1.29 is 37.0 Å². The topological polar surface area (TPSA) is 163 Å². The molecule has 1 aliphatic heterocycles. The van der Waals surface area contributed by atoms with Crippen molar-refractivity contribution in [3.05, 3.63) is 45.8 Å². The summed E-state index contributed by atoms with van der Waals surface area (Å²) in [6.45, 7) is 0.938. The van der Waals surface area contributed by atoms with Crippen molar-refractivity contribution in [3.63, 3.8) is 0 Å². The van der Waals surface area contributed by atoms with Gasteiger partial charge in [-0.15, -0.1) is 11.3 Å². The lowest BCUT2D eigenvalue weighted by Gasteiger charge is -2.11. The number of ether oxygens (including phenoxy) is 3. The van der Waals surface area contributed by atoms with E-state index in [9.17, 15) is 22.8 Å². The van der Waals surface area contributed by atoms with E-state index in [-0.39, 0.29) is 31.7 Å². The predicted molar refractivity (Wildman–Crippen MR) is 114 cm³/mol. The lowest BCUT2D eigenvalue weighted by atomic mass is 10.1.